The summed E-state index contributed by atoms with van der Waals surface area (Å²) in [6.45, 7) is 0. The number of carbonyl (C=O) groups is 9. The molecule has 0 aliphatic carbocycles. The molecule has 0 aliphatic rings. The minimum absolute atomic E-state index is 0. The van der Waals surface area contributed by atoms with Gasteiger partial charge >= 0.3 is 52.1 Å². The number of pyridine rings is 9. The van der Waals surface area contributed by atoms with Crippen molar-refractivity contribution in [2.45, 2.75) is 0 Å². The Morgan fingerprint density at radius 3 is 0.300 bits per heavy atom. The molecule has 0 aliphatic heterocycles. The molecule has 0 spiro atoms. The summed E-state index contributed by atoms with van der Waals surface area (Å²) in [7, 11) is 0. The molecule has 576 valence electrons. The Morgan fingerprint density at radius 2 is 0.217 bits per heavy atom. The minimum Gasteiger partial charge on any atom is -0.543 e. The summed E-state index contributed by atoms with van der Waals surface area (Å²) >= 11 is 0. The second-order valence-corrected chi connectivity index (χ2v) is 24.1. The van der Waals surface area contributed by atoms with Crippen LogP contribution in [0.3, 0.4) is 0 Å². The summed E-state index contributed by atoms with van der Waals surface area (Å²) in [6, 6.07) is 94.4. The van der Waals surface area contributed by atoms with E-state index in [-0.39, 0.29) is 103 Å². The van der Waals surface area contributed by atoms with Gasteiger partial charge < -0.3 is 89.1 Å². The number of carboxylic acids is 9. The van der Waals surface area contributed by atoms with Crippen molar-refractivity contribution in [3.05, 3.63) is 379 Å². The molecular weight excluding hydrogens is 1580 g/mol. The van der Waals surface area contributed by atoms with Crippen molar-refractivity contribution in [2.75, 3.05) is 0 Å². The second-order valence-electron chi connectivity index (χ2n) is 24.1. The maximum Gasteiger partial charge on any atom is 3.00 e. The number of rotatable bonds is 9. The molecule has 0 saturated heterocycles. The molecule has 0 radical (unpaired) electrons. The zero-order valence-electron chi connectivity index (χ0n) is 62.3. The van der Waals surface area contributed by atoms with Crippen LogP contribution in [0.1, 0.15) is 94.4 Å². The third kappa shape index (κ3) is 26.3. The van der Waals surface area contributed by atoms with Gasteiger partial charge in [-0.15, -0.1) is 0 Å². The van der Waals surface area contributed by atoms with Crippen molar-refractivity contribution in [2.24, 2.45) is 0 Å². The van der Waals surface area contributed by atoms with Crippen molar-refractivity contribution in [3.8, 4) is 0 Å². The SMILES string of the molecule is O=C([O-])c1ccc2ccccc2n1.O=C([O-])c1ccc2ccccc2n1.O=C([O-])c1ccc2ccccc2n1.O=C([O-])c1ccc2ccccc2n1.O=C([O-])c1ccc2ccccc2n1.O=C([O-])c1ccc2ccccc2n1.O=C([O-])c1ccc2ccccc2n1.O=C([O-])c1ccc2ccccc2n1.O=C([O-])c1ccc2ccccc2n1.[Al+3].[Al+3].[Al+3]. The molecule has 0 atom stereocenters. The first-order valence-corrected chi connectivity index (χ1v) is 34.6. The zero-order valence-corrected chi connectivity index (χ0v) is 65.7. The van der Waals surface area contributed by atoms with E-state index in [1.54, 1.807) is 109 Å². The van der Waals surface area contributed by atoms with E-state index in [2.05, 4.69) is 44.9 Å². The third-order valence-electron chi connectivity index (χ3n) is 16.3. The van der Waals surface area contributed by atoms with Gasteiger partial charge in [0.1, 0.15) is 0 Å². The second kappa shape index (κ2) is 45.0. The monoisotopic (exact) mass is 1630 g/mol. The van der Waals surface area contributed by atoms with E-state index in [0.717, 1.165) is 48.5 Å². The molecule has 0 fully saturated rings. The number of benzene rings is 9. The van der Waals surface area contributed by atoms with Crippen LogP contribution in [0.2, 0.25) is 0 Å². The maximum absolute atomic E-state index is 10.5. The summed E-state index contributed by atoms with van der Waals surface area (Å²) in [5, 5.41) is 103. The average Bonchev–Trinajstić information content (AvgIpc) is 0.902. The van der Waals surface area contributed by atoms with Gasteiger partial charge in [-0.1, -0.05) is 218 Å². The van der Waals surface area contributed by atoms with Crippen LogP contribution in [0.5, 0.6) is 0 Å². The van der Waals surface area contributed by atoms with Crippen LogP contribution in [-0.2, 0) is 0 Å². The Morgan fingerprint density at radius 1 is 0.133 bits per heavy atom. The Kier molecular flexibility index (Phi) is 34.4. The summed E-state index contributed by atoms with van der Waals surface area (Å²) in [4.78, 5) is 129. The summed E-state index contributed by atoms with van der Waals surface area (Å²) < 4.78 is 0. The molecule has 0 N–H and O–H groups in total. The first-order valence-electron chi connectivity index (χ1n) is 34.6. The molecule has 120 heavy (non-hydrogen) atoms. The number of aromatic carboxylic acids is 9. The molecule has 9 aromatic carbocycles. The van der Waals surface area contributed by atoms with E-state index in [4.69, 9.17) is 0 Å². The van der Waals surface area contributed by atoms with Crippen molar-refractivity contribution in [1.29, 1.82) is 0 Å². The molecule has 18 aromatic rings. The first-order chi connectivity index (χ1) is 56.4. The van der Waals surface area contributed by atoms with Crippen LogP contribution >= 0.6 is 0 Å². The Balaban J connectivity index is 0.000000185. The predicted molar refractivity (Wildman–Crippen MR) is 432 cm³/mol. The van der Waals surface area contributed by atoms with Gasteiger partial charge in [-0.2, -0.15) is 0 Å². The molecule has 0 bridgehead atoms. The molecule has 27 nitrogen and oxygen atoms in total. The van der Waals surface area contributed by atoms with Crippen LogP contribution in [0.25, 0.3) is 98.1 Å². The molecule has 0 amide bonds. The Hall–Kier alpha value is -15.5. The number of hydrogen-bond donors (Lipinski definition) is 0. The van der Waals surface area contributed by atoms with Crippen LogP contribution < -0.4 is 46.0 Å². The van der Waals surface area contributed by atoms with Gasteiger partial charge in [0.05, 0.1) is 155 Å². The van der Waals surface area contributed by atoms with Gasteiger partial charge in [-0.25, -0.2) is 44.9 Å². The van der Waals surface area contributed by atoms with Crippen molar-refractivity contribution in [1.82, 2.24) is 44.9 Å². The number of carboxylic acid groups (broad SMARTS) is 9. The number of para-hydroxylation sites is 9. The molecule has 9 aromatic heterocycles. The fourth-order valence-electron chi connectivity index (χ4n) is 10.6. The fraction of sp³-hybridized carbons (Fsp3) is 0. The number of nitrogens with zero attached hydrogens (tertiary/aromatic N) is 9. The van der Waals surface area contributed by atoms with E-state index in [0.29, 0.717) is 49.7 Å². The van der Waals surface area contributed by atoms with Crippen LogP contribution in [0.4, 0.5) is 0 Å². The van der Waals surface area contributed by atoms with Gasteiger partial charge in [0.2, 0.25) is 0 Å². The maximum atomic E-state index is 10.5. The van der Waals surface area contributed by atoms with Crippen molar-refractivity contribution in [3.63, 3.8) is 0 Å². The Labute approximate surface area is 712 Å². The van der Waals surface area contributed by atoms with E-state index >= 15 is 0 Å². The predicted octanol–water partition coefficient (Wildman–Crippen LogP) is 4.24. The average molecular weight is 1630 g/mol. The van der Waals surface area contributed by atoms with Crippen molar-refractivity contribution >= 4 is 204 Å². The van der Waals surface area contributed by atoms with Crippen LogP contribution in [0.15, 0.2) is 328 Å². The molecule has 9 heterocycles. The molecule has 18 rings (SSSR count). The normalized spacial score (nSPS) is 9.90. The van der Waals surface area contributed by atoms with E-state index in [1.165, 1.54) is 54.6 Å². The van der Waals surface area contributed by atoms with Gasteiger partial charge in [-0.3, -0.25) is 0 Å². The molecule has 0 saturated carbocycles. The standard InChI is InChI=1S/9C10H7NO2.3Al/c9*12-10(13)9-6-5-7-3-1-2-4-8(7)11-9;;;/h9*1-6H,(H,12,13);;;/q;;;;;;;;;3*+3/p-9. The molecule has 0 unspecified atom stereocenters. The van der Waals surface area contributed by atoms with Gasteiger partial charge in [0.25, 0.3) is 0 Å². The third-order valence-corrected chi connectivity index (χ3v) is 16.3. The topological polar surface area (TPSA) is 477 Å². The largest absolute Gasteiger partial charge is 3.00 e. The molecule has 30 heteroatoms. The zero-order chi connectivity index (χ0) is 83.3. The fourth-order valence-corrected chi connectivity index (χ4v) is 10.6. The number of aromatic nitrogens is 9. The van der Waals surface area contributed by atoms with Gasteiger partial charge in [0.15, 0.2) is 0 Å². The summed E-state index contributed by atoms with van der Waals surface area (Å²) in [5.74, 6) is -11.2. The quantitative estimate of drug-likeness (QED) is 0.182. The summed E-state index contributed by atoms with van der Waals surface area (Å²) in [6.07, 6.45) is 0. The van der Waals surface area contributed by atoms with E-state index < -0.39 is 53.7 Å². The van der Waals surface area contributed by atoms with Crippen LogP contribution in [0, 0.1) is 0 Å². The number of carbonyl (C=O) groups excluding carboxylic acids is 9. The number of fused-ring (bicyclic) bond motifs is 9. The van der Waals surface area contributed by atoms with Crippen LogP contribution in [-0.4, -0.2) is 151 Å². The first kappa shape index (κ1) is 91.7. The van der Waals surface area contributed by atoms with E-state index in [1.807, 2.05) is 164 Å². The Bertz CT molecular complexity index is 5480. The smallest absolute Gasteiger partial charge is 0.543 e. The van der Waals surface area contributed by atoms with Gasteiger partial charge in [-0.05, 0) is 109 Å². The number of hydrogen-bond acceptors (Lipinski definition) is 27. The summed E-state index contributed by atoms with van der Waals surface area (Å²) in [5.41, 5.74) is 5.77. The molecular formula is C90H54Al3N9O18. The van der Waals surface area contributed by atoms with E-state index in [9.17, 15) is 89.1 Å². The minimum atomic E-state index is -1.24. The van der Waals surface area contributed by atoms with Crippen molar-refractivity contribution < 1.29 is 89.1 Å². The van der Waals surface area contributed by atoms with Gasteiger partial charge in [0, 0.05) is 48.5 Å².